The van der Waals surface area contributed by atoms with E-state index in [4.69, 9.17) is 9.84 Å². The lowest BCUT2D eigenvalue weighted by Gasteiger charge is -2.14. The first kappa shape index (κ1) is 15.1. The van der Waals surface area contributed by atoms with E-state index in [1.807, 2.05) is 0 Å². The van der Waals surface area contributed by atoms with Crippen molar-refractivity contribution in [2.24, 2.45) is 5.92 Å². The van der Waals surface area contributed by atoms with E-state index in [1.54, 1.807) is 18.2 Å². The molecule has 21 heavy (non-hydrogen) atoms. The molecule has 1 aliphatic carbocycles. The van der Waals surface area contributed by atoms with Gasteiger partial charge in [-0.05, 0) is 36.6 Å². The molecule has 1 aromatic rings. The number of carbonyl (C=O) groups is 2. The Morgan fingerprint density at radius 3 is 2.67 bits per heavy atom. The Morgan fingerprint density at radius 2 is 2.05 bits per heavy atom. The highest BCUT2D eigenvalue weighted by Crippen LogP contribution is 2.30. The van der Waals surface area contributed by atoms with Crippen molar-refractivity contribution in [3.05, 3.63) is 29.8 Å². The van der Waals surface area contributed by atoms with Crippen molar-refractivity contribution < 1.29 is 19.4 Å². The molecule has 0 atom stereocenters. The van der Waals surface area contributed by atoms with Crippen LogP contribution in [-0.4, -0.2) is 24.1 Å². The van der Waals surface area contributed by atoms with Gasteiger partial charge >= 0.3 is 5.97 Å². The number of carboxylic acid groups (broad SMARTS) is 1. The fraction of sp³-hybridized carbons (Fsp3) is 0.375. The second kappa shape index (κ2) is 6.92. The van der Waals surface area contributed by atoms with E-state index >= 15 is 0 Å². The highest BCUT2D eigenvalue weighted by molar-refractivity contribution is 5.94. The molecule has 5 nitrogen and oxygen atoms in total. The summed E-state index contributed by atoms with van der Waals surface area (Å²) in [5.41, 5.74) is 1.27. The summed E-state index contributed by atoms with van der Waals surface area (Å²) in [5.74, 6) is -0.380. The van der Waals surface area contributed by atoms with Gasteiger partial charge in [-0.25, -0.2) is 4.79 Å². The molecule has 0 radical (unpaired) electrons. The fourth-order valence-electron chi connectivity index (χ4n) is 2.52. The smallest absolute Gasteiger partial charge is 0.328 e. The number of carboxylic acids is 1. The van der Waals surface area contributed by atoms with E-state index in [9.17, 15) is 9.59 Å². The summed E-state index contributed by atoms with van der Waals surface area (Å²) in [6, 6.07) is 5.17. The molecule has 1 aromatic carbocycles. The Bertz CT molecular complexity index is 559. The van der Waals surface area contributed by atoms with Crippen LogP contribution in [0.3, 0.4) is 0 Å². The number of aliphatic carboxylic acids is 1. The predicted molar refractivity (Wildman–Crippen MR) is 80.3 cm³/mol. The number of ether oxygens (including phenoxy) is 1. The molecule has 1 aliphatic rings. The zero-order chi connectivity index (χ0) is 15.2. The van der Waals surface area contributed by atoms with Crippen molar-refractivity contribution in [3.8, 4) is 5.75 Å². The molecular weight excluding hydrogens is 270 g/mol. The predicted octanol–water partition coefficient (Wildman–Crippen LogP) is 2.92. The summed E-state index contributed by atoms with van der Waals surface area (Å²) < 4.78 is 5.23. The fourth-order valence-corrected chi connectivity index (χ4v) is 2.52. The monoisotopic (exact) mass is 289 g/mol. The molecule has 0 spiro atoms. The zero-order valence-electron chi connectivity index (χ0n) is 12.0. The van der Waals surface area contributed by atoms with Gasteiger partial charge in [0.05, 0.1) is 12.8 Å². The molecular formula is C16H19NO4. The van der Waals surface area contributed by atoms with Crippen molar-refractivity contribution in [2.75, 3.05) is 12.4 Å². The first-order valence-electron chi connectivity index (χ1n) is 7.00. The van der Waals surface area contributed by atoms with Crippen LogP contribution in [0, 0.1) is 5.92 Å². The minimum atomic E-state index is -1.01. The number of anilines is 1. The maximum Gasteiger partial charge on any atom is 0.328 e. The number of methoxy groups -OCH3 is 1. The molecule has 112 valence electrons. The van der Waals surface area contributed by atoms with Gasteiger partial charge in [0.2, 0.25) is 5.91 Å². The van der Waals surface area contributed by atoms with E-state index in [-0.39, 0.29) is 11.8 Å². The summed E-state index contributed by atoms with van der Waals surface area (Å²) in [6.07, 6.45) is 6.57. The Kier molecular flexibility index (Phi) is 4.98. The third-order valence-electron chi connectivity index (χ3n) is 3.63. The number of carbonyl (C=O) groups excluding carboxylic acids is 1. The summed E-state index contributed by atoms with van der Waals surface area (Å²) in [5, 5.41) is 11.5. The van der Waals surface area contributed by atoms with E-state index < -0.39 is 5.97 Å². The van der Waals surface area contributed by atoms with Gasteiger partial charge < -0.3 is 15.2 Å². The molecule has 1 amide bonds. The Labute approximate surface area is 123 Å². The molecule has 0 aliphatic heterocycles. The molecule has 0 aromatic heterocycles. The minimum Gasteiger partial charge on any atom is -0.495 e. The van der Waals surface area contributed by atoms with Crippen LogP contribution in [0.4, 0.5) is 5.69 Å². The van der Waals surface area contributed by atoms with Crippen molar-refractivity contribution in [1.29, 1.82) is 0 Å². The van der Waals surface area contributed by atoms with Gasteiger partial charge in [-0.15, -0.1) is 0 Å². The molecule has 0 saturated heterocycles. The van der Waals surface area contributed by atoms with Gasteiger partial charge in [0, 0.05) is 12.0 Å². The van der Waals surface area contributed by atoms with Crippen LogP contribution in [0.5, 0.6) is 5.75 Å². The lowest BCUT2D eigenvalue weighted by atomic mass is 10.1. The first-order valence-corrected chi connectivity index (χ1v) is 7.00. The lowest BCUT2D eigenvalue weighted by molar-refractivity contribution is -0.131. The van der Waals surface area contributed by atoms with Crippen LogP contribution in [0.1, 0.15) is 31.2 Å². The van der Waals surface area contributed by atoms with Gasteiger partial charge in [0.15, 0.2) is 0 Å². The maximum atomic E-state index is 12.2. The number of benzene rings is 1. The van der Waals surface area contributed by atoms with E-state index in [0.717, 1.165) is 31.8 Å². The van der Waals surface area contributed by atoms with Crippen LogP contribution >= 0.6 is 0 Å². The van der Waals surface area contributed by atoms with Crippen LogP contribution in [-0.2, 0) is 9.59 Å². The summed E-state index contributed by atoms with van der Waals surface area (Å²) in [4.78, 5) is 22.7. The number of hydrogen-bond acceptors (Lipinski definition) is 3. The third kappa shape index (κ3) is 4.08. The highest BCUT2D eigenvalue weighted by atomic mass is 16.5. The van der Waals surface area contributed by atoms with E-state index in [1.165, 1.54) is 13.2 Å². The van der Waals surface area contributed by atoms with Gasteiger partial charge in [0.1, 0.15) is 5.75 Å². The highest BCUT2D eigenvalue weighted by Gasteiger charge is 2.23. The average Bonchev–Trinajstić information content (AvgIpc) is 2.99. The second-order valence-electron chi connectivity index (χ2n) is 5.10. The molecule has 0 unspecified atom stereocenters. The van der Waals surface area contributed by atoms with Gasteiger partial charge in [-0.1, -0.05) is 18.9 Å². The topological polar surface area (TPSA) is 75.6 Å². The number of rotatable bonds is 5. The van der Waals surface area contributed by atoms with Crippen molar-refractivity contribution in [2.45, 2.75) is 25.7 Å². The van der Waals surface area contributed by atoms with Crippen LogP contribution in [0.15, 0.2) is 24.3 Å². The van der Waals surface area contributed by atoms with Crippen molar-refractivity contribution in [3.63, 3.8) is 0 Å². The quantitative estimate of drug-likeness (QED) is 0.817. The second-order valence-corrected chi connectivity index (χ2v) is 5.10. The number of nitrogens with one attached hydrogen (secondary N) is 1. The molecule has 5 heteroatoms. The Morgan fingerprint density at radius 1 is 1.33 bits per heavy atom. The lowest BCUT2D eigenvalue weighted by Crippen LogP contribution is -2.20. The molecule has 1 saturated carbocycles. The zero-order valence-corrected chi connectivity index (χ0v) is 12.0. The average molecular weight is 289 g/mol. The van der Waals surface area contributed by atoms with Crippen molar-refractivity contribution in [1.82, 2.24) is 0 Å². The largest absolute Gasteiger partial charge is 0.495 e. The summed E-state index contributed by atoms with van der Waals surface area (Å²) >= 11 is 0. The minimum absolute atomic E-state index is 0.00478. The van der Waals surface area contributed by atoms with E-state index in [0.29, 0.717) is 17.0 Å². The SMILES string of the molecule is COc1ccc(C=CC(=O)O)cc1NC(=O)C1CCCC1. The normalized spacial score (nSPS) is 15.3. The molecule has 0 bridgehead atoms. The number of amides is 1. The Hall–Kier alpha value is -2.30. The maximum absolute atomic E-state index is 12.2. The van der Waals surface area contributed by atoms with E-state index in [2.05, 4.69) is 5.32 Å². The van der Waals surface area contributed by atoms with Crippen LogP contribution in [0.25, 0.3) is 6.08 Å². The first-order chi connectivity index (χ1) is 10.1. The van der Waals surface area contributed by atoms with Crippen LogP contribution < -0.4 is 10.1 Å². The van der Waals surface area contributed by atoms with Gasteiger partial charge in [0.25, 0.3) is 0 Å². The van der Waals surface area contributed by atoms with Crippen LogP contribution in [0.2, 0.25) is 0 Å². The summed E-state index contributed by atoms with van der Waals surface area (Å²) in [7, 11) is 1.54. The van der Waals surface area contributed by atoms with Gasteiger partial charge in [-0.3, -0.25) is 4.79 Å². The molecule has 0 heterocycles. The Balaban J connectivity index is 2.17. The summed E-state index contributed by atoms with van der Waals surface area (Å²) in [6.45, 7) is 0. The van der Waals surface area contributed by atoms with Gasteiger partial charge in [-0.2, -0.15) is 0 Å². The number of hydrogen-bond donors (Lipinski definition) is 2. The standard InChI is InChI=1S/C16H19NO4/c1-21-14-8-6-11(7-9-15(18)19)10-13(14)17-16(20)12-4-2-3-5-12/h6-10,12H,2-5H2,1H3,(H,17,20)(H,18,19). The van der Waals surface area contributed by atoms with Crippen molar-refractivity contribution >= 4 is 23.6 Å². The molecule has 2 N–H and O–H groups in total. The third-order valence-corrected chi connectivity index (χ3v) is 3.63. The molecule has 1 fully saturated rings. The molecule has 2 rings (SSSR count).